The molecule has 1 aromatic carbocycles. The second-order valence-corrected chi connectivity index (χ2v) is 6.22. The summed E-state index contributed by atoms with van der Waals surface area (Å²) in [7, 11) is 0. The van der Waals surface area contributed by atoms with E-state index >= 15 is 0 Å². The van der Waals surface area contributed by atoms with Gasteiger partial charge in [-0.2, -0.15) is 0 Å². The molecule has 0 bridgehead atoms. The van der Waals surface area contributed by atoms with Crippen LogP contribution in [0.15, 0.2) is 18.2 Å². The summed E-state index contributed by atoms with van der Waals surface area (Å²) in [6, 6.07) is 7.03. The van der Waals surface area contributed by atoms with Gasteiger partial charge in [0.1, 0.15) is 5.82 Å². The highest BCUT2D eigenvalue weighted by atomic mass is 19.1. The van der Waals surface area contributed by atoms with Crippen LogP contribution < -0.4 is 10.2 Å². The van der Waals surface area contributed by atoms with Crippen LogP contribution in [-0.2, 0) is 6.54 Å². The first kappa shape index (κ1) is 15.3. The van der Waals surface area contributed by atoms with Gasteiger partial charge in [-0.25, -0.2) is 4.39 Å². The number of halogens is 1. The molecule has 0 aromatic heterocycles. The minimum atomic E-state index is -0.0831. The van der Waals surface area contributed by atoms with Crippen molar-refractivity contribution in [3.8, 4) is 0 Å². The third-order valence-electron chi connectivity index (χ3n) is 4.26. The molecule has 1 aromatic rings. The number of rotatable bonds is 5. The molecule has 1 saturated heterocycles. The van der Waals surface area contributed by atoms with Crippen molar-refractivity contribution in [2.24, 2.45) is 0 Å². The molecule has 1 aliphatic rings. The van der Waals surface area contributed by atoms with Gasteiger partial charge in [0.25, 0.3) is 0 Å². The van der Waals surface area contributed by atoms with E-state index in [0.29, 0.717) is 18.1 Å². The van der Waals surface area contributed by atoms with Crippen molar-refractivity contribution in [3.05, 3.63) is 29.6 Å². The summed E-state index contributed by atoms with van der Waals surface area (Å²) in [5.41, 5.74) is 1.79. The van der Waals surface area contributed by atoms with Crippen molar-refractivity contribution in [2.45, 2.75) is 71.6 Å². The van der Waals surface area contributed by atoms with Crippen LogP contribution in [0.4, 0.5) is 10.1 Å². The molecule has 1 heterocycles. The van der Waals surface area contributed by atoms with Crippen molar-refractivity contribution in [1.29, 1.82) is 0 Å². The minimum absolute atomic E-state index is 0.0831. The van der Waals surface area contributed by atoms with Gasteiger partial charge in [-0.15, -0.1) is 0 Å². The van der Waals surface area contributed by atoms with Crippen LogP contribution in [0.2, 0.25) is 0 Å². The highest BCUT2D eigenvalue weighted by Crippen LogP contribution is 2.33. The zero-order valence-electron chi connectivity index (χ0n) is 13.1. The summed E-state index contributed by atoms with van der Waals surface area (Å²) in [4.78, 5) is 2.27. The summed E-state index contributed by atoms with van der Waals surface area (Å²) < 4.78 is 14.4. The van der Waals surface area contributed by atoms with E-state index in [4.69, 9.17) is 0 Å². The Hall–Kier alpha value is -1.09. The molecule has 112 valence electrons. The fourth-order valence-electron chi connectivity index (χ4n) is 3.10. The van der Waals surface area contributed by atoms with Crippen LogP contribution >= 0.6 is 0 Å². The molecule has 2 atom stereocenters. The smallest absolute Gasteiger partial charge is 0.146 e. The molecule has 2 nitrogen and oxygen atoms in total. The standard InChI is InChI=1S/C17H27FN2/c1-5-15-8-6-13(4)20(15)17-9-7-14(10-16(17)18)11-19-12(2)3/h7,9-10,12-13,15,19H,5-6,8,11H2,1-4H3. The number of nitrogens with zero attached hydrogens (tertiary/aromatic N) is 1. The van der Waals surface area contributed by atoms with E-state index < -0.39 is 0 Å². The Morgan fingerprint density at radius 1 is 1.35 bits per heavy atom. The number of anilines is 1. The van der Waals surface area contributed by atoms with Gasteiger partial charge in [-0.1, -0.05) is 26.8 Å². The molecular weight excluding hydrogens is 251 g/mol. The lowest BCUT2D eigenvalue weighted by Crippen LogP contribution is -2.34. The molecule has 0 saturated carbocycles. The average molecular weight is 278 g/mol. The molecule has 2 rings (SSSR count). The zero-order chi connectivity index (χ0) is 14.7. The number of benzene rings is 1. The topological polar surface area (TPSA) is 15.3 Å². The summed E-state index contributed by atoms with van der Waals surface area (Å²) in [6.07, 6.45) is 3.42. The maximum Gasteiger partial charge on any atom is 0.146 e. The fraction of sp³-hybridized carbons (Fsp3) is 0.647. The zero-order valence-corrected chi connectivity index (χ0v) is 13.1. The molecular formula is C17H27FN2. The summed E-state index contributed by atoms with van der Waals surface area (Å²) >= 11 is 0. The summed E-state index contributed by atoms with van der Waals surface area (Å²) in [5, 5.41) is 3.33. The number of hydrogen-bond acceptors (Lipinski definition) is 2. The van der Waals surface area contributed by atoms with E-state index in [9.17, 15) is 4.39 Å². The van der Waals surface area contributed by atoms with Crippen molar-refractivity contribution in [1.82, 2.24) is 5.32 Å². The first-order valence-electron chi connectivity index (χ1n) is 7.83. The van der Waals surface area contributed by atoms with Crippen LogP contribution in [0.25, 0.3) is 0 Å². The number of hydrogen-bond donors (Lipinski definition) is 1. The van der Waals surface area contributed by atoms with Gasteiger partial charge in [0.05, 0.1) is 5.69 Å². The van der Waals surface area contributed by atoms with E-state index in [1.165, 1.54) is 6.42 Å². The lowest BCUT2D eigenvalue weighted by molar-refractivity contribution is 0.569. The van der Waals surface area contributed by atoms with E-state index in [0.717, 1.165) is 30.6 Å². The van der Waals surface area contributed by atoms with E-state index in [1.54, 1.807) is 6.07 Å². The second-order valence-electron chi connectivity index (χ2n) is 6.22. The lowest BCUT2D eigenvalue weighted by atomic mass is 10.1. The van der Waals surface area contributed by atoms with Crippen LogP contribution in [0, 0.1) is 5.82 Å². The van der Waals surface area contributed by atoms with Gasteiger partial charge < -0.3 is 10.2 Å². The summed E-state index contributed by atoms with van der Waals surface area (Å²) in [6.45, 7) is 9.31. The second kappa shape index (κ2) is 6.57. The van der Waals surface area contributed by atoms with Gasteiger partial charge in [-0.05, 0) is 43.9 Å². The molecule has 0 spiro atoms. The monoisotopic (exact) mass is 278 g/mol. The number of nitrogens with one attached hydrogen (secondary N) is 1. The normalized spacial score (nSPS) is 22.8. The van der Waals surface area contributed by atoms with Gasteiger partial charge in [0, 0.05) is 24.7 Å². The maximum absolute atomic E-state index is 14.4. The Morgan fingerprint density at radius 2 is 2.10 bits per heavy atom. The first-order chi connectivity index (χ1) is 9.52. The molecule has 0 amide bonds. The predicted octanol–water partition coefficient (Wildman–Crippen LogP) is 4.09. The van der Waals surface area contributed by atoms with Crippen LogP contribution in [-0.4, -0.2) is 18.1 Å². The van der Waals surface area contributed by atoms with E-state index in [1.807, 2.05) is 12.1 Å². The molecule has 20 heavy (non-hydrogen) atoms. The van der Waals surface area contributed by atoms with Crippen LogP contribution in [0.5, 0.6) is 0 Å². The van der Waals surface area contributed by atoms with E-state index in [2.05, 4.69) is 37.9 Å². The highest BCUT2D eigenvalue weighted by Gasteiger charge is 2.30. The summed E-state index contributed by atoms with van der Waals surface area (Å²) in [5.74, 6) is -0.0831. The molecule has 1 fully saturated rings. The Labute approximate surface area is 122 Å². The van der Waals surface area contributed by atoms with Crippen molar-refractivity contribution < 1.29 is 4.39 Å². The third kappa shape index (κ3) is 3.32. The fourth-order valence-corrected chi connectivity index (χ4v) is 3.10. The van der Waals surface area contributed by atoms with Crippen molar-refractivity contribution in [3.63, 3.8) is 0 Å². The molecule has 0 radical (unpaired) electrons. The average Bonchev–Trinajstić information content (AvgIpc) is 2.77. The lowest BCUT2D eigenvalue weighted by Gasteiger charge is -2.30. The van der Waals surface area contributed by atoms with Gasteiger partial charge in [-0.3, -0.25) is 0 Å². The largest absolute Gasteiger partial charge is 0.363 e. The minimum Gasteiger partial charge on any atom is -0.363 e. The van der Waals surface area contributed by atoms with E-state index in [-0.39, 0.29) is 5.82 Å². The first-order valence-corrected chi connectivity index (χ1v) is 7.83. The maximum atomic E-state index is 14.4. The predicted molar refractivity (Wildman–Crippen MR) is 83.6 cm³/mol. The quantitative estimate of drug-likeness (QED) is 0.872. The molecule has 3 heteroatoms. The molecule has 1 N–H and O–H groups in total. The third-order valence-corrected chi connectivity index (χ3v) is 4.26. The Balaban J connectivity index is 2.16. The molecule has 2 unspecified atom stereocenters. The Bertz CT molecular complexity index is 445. The molecule has 1 aliphatic heterocycles. The van der Waals surface area contributed by atoms with Crippen LogP contribution in [0.3, 0.4) is 0 Å². The molecule has 0 aliphatic carbocycles. The van der Waals surface area contributed by atoms with Crippen molar-refractivity contribution in [2.75, 3.05) is 4.90 Å². The SMILES string of the molecule is CCC1CCC(C)N1c1ccc(CNC(C)C)cc1F. The van der Waals surface area contributed by atoms with Gasteiger partial charge in [0.15, 0.2) is 0 Å². The Kier molecular flexibility index (Phi) is 5.03. The van der Waals surface area contributed by atoms with Gasteiger partial charge in [0.2, 0.25) is 0 Å². The van der Waals surface area contributed by atoms with Crippen molar-refractivity contribution >= 4 is 5.69 Å². The Morgan fingerprint density at radius 3 is 2.70 bits per heavy atom. The van der Waals surface area contributed by atoms with Gasteiger partial charge >= 0.3 is 0 Å². The van der Waals surface area contributed by atoms with Crippen LogP contribution in [0.1, 0.15) is 52.5 Å². The highest BCUT2D eigenvalue weighted by molar-refractivity contribution is 5.52.